The highest BCUT2D eigenvalue weighted by atomic mass is 19.1. The van der Waals surface area contributed by atoms with Gasteiger partial charge in [-0.3, -0.25) is 4.79 Å². The van der Waals surface area contributed by atoms with Gasteiger partial charge in [-0.25, -0.2) is 18.2 Å². The topological polar surface area (TPSA) is 50.2 Å². The number of nitrogens with zero attached hydrogens (tertiary/aromatic N) is 3. The number of rotatable bonds is 6. The molecular formula is C23H31F3N4O. The Morgan fingerprint density at radius 1 is 1.32 bits per heavy atom. The highest BCUT2D eigenvalue weighted by Gasteiger charge is 2.40. The van der Waals surface area contributed by atoms with Crippen molar-refractivity contribution in [2.24, 2.45) is 18.4 Å². The first-order chi connectivity index (χ1) is 14.5. The largest absolute Gasteiger partial charge is 0.336 e. The summed E-state index contributed by atoms with van der Waals surface area (Å²) in [6.45, 7) is 8.80. The van der Waals surface area contributed by atoms with Gasteiger partial charge in [0.15, 0.2) is 0 Å². The fourth-order valence-electron chi connectivity index (χ4n) is 4.24. The normalized spacial score (nSPS) is 20.1. The van der Waals surface area contributed by atoms with Crippen LogP contribution in [0.25, 0.3) is 11.3 Å². The van der Waals surface area contributed by atoms with Gasteiger partial charge in [0.1, 0.15) is 23.6 Å². The third kappa shape index (κ3) is 4.95. The Balaban J connectivity index is 2.06. The minimum Gasteiger partial charge on any atom is -0.336 e. The van der Waals surface area contributed by atoms with Gasteiger partial charge in [-0.1, -0.05) is 27.7 Å². The fourth-order valence-corrected chi connectivity index (χ4v) is 4.24. The molecule has 0 bridgehead atoms. The molecule has 31 heavy (non-hydrogen) atoms. The van der Waals surface area contributed by atoms with Crippen molar-refractivity contribution in [2.45, 2.75) is 46.3 Å². The molecule has 5 nitrogen and oxygen atoms in total. The summed E-state index contributed by atoms with van der Waals surface area (Å²) < 4.78 is 44.2. The highest BCUT2D eigenvalue weighted by molar-refractivity contribution is 5.76. The molecule has 3 unspecified atom stereocenters. The van der Waals surface area contributed by atoms with Crippen molar-refractivity contribution in [2.75, 3.05) is 19.6 Å². The lowest BCUT2D eigenvalue weighted by Crippen LogP contribution is -2.45. The van der Waals surface area contributed by atoms with Crippen molar-refractivity contribution in [3.05, 3.63) is 41.9 Å². The molecular weight excluding hydrogens is 405 g/mol. The predicted molar refractivity (Wildman–Crippen MR) is 114 cm³/mol. The molecule has 8 heteroatoms. The summed E-state index contributed by atoms with van der Waals surface area (Å²) in [5.74, 6) is -0.978. The Hall–Kier alpha value is -2.35. The number of alkyl halides is 1. The molecule has 1 aliphatic heterocycles. The van der Waals surface area contributed by atoms with Crippen LogP contribution >= 0.6 is 0 Å². The lowest BCUT2D eigenvalue weighted by molar-refractivity contribution is -0.137. The highest BCUT2D eigenvalue weighted by Crippen LogP contribution is 2.40. The zero-order valence-corrected chi connectivity index (χ0v) is 18.8. The fraction of sp³-hybridized carbons (Fsp3) is 0.565. The van der Waals surface area contributed by atoms with Crippen molar-refractivity contribution >= 4 is 5.91 Å². The molecule has 0 spiro atoms. The lowest BCUT2D eigenvalue weighted by atomic mass is 9.84. The van der Waals surface area contributed by atoms with Crippen molar-refractivity contribution < 1.29 is 18.0 Å². The quantitative estimate of drug-likeness (QED) is 0.737. The number of carbonyl (C=O) groups excluding carboxylic acids is 1. The number of amides is 1. The SMILES string of the molecule is CCC(=O)N(CC1CNCC1F)C(c1nc(-c2cc(F)ccc2F)cn1C)C(C)(C)C. The van der Waals surface area contributed by atoms with Crippen molar-refractivity contribution in [1.29, 1.82) is 0 Å². The van der Waals surface area contributed by atoms with Gasteiger partial charge in [-0.2, -0.15) is 0 Å². The molecule has 1 N–H and O–H groups in total. The van der Waals surface area contributed by atoms with E-state index < -0.39 is 29.3 Å². The number of aromatic nitrogens is 2. The second-order valence-corrected chi connectivity index (χ2v) is 9.32. The van der Waals surface area contributed by atoms with Crippen LogP contribution in [0.3, 0.4) is 0 Å². The zero-order chi connectivity index (χ0) is 22.9. The van der Waals surface area contributed by atoms with Crippen LogP contribution in [0, 0.1) is 23.0 Å². The van der Waals surface area contributed by atoms with Crippen LogP contribution in [0.5, 0.6) is 0 Å². The lowest BCUT2D eigenvalue weighted by Gasteiger charge is -2.41. The maximum Gasteiger partial charge on any atom is 0.222 e. The van der Waals surface area contributed by atoms with Crippen LogP contribution in [0.4, 0.5) is 13.2 Å². The summed E-state index contributed by atoms with van der Waals surface area (Å²) in [7, 11) is 1.77. The summed E-state index contributed by atoms with van der Waals surface area (Å²) >= 11 is 0. The maximum absolute atomic E-state index is 14.4. The average molecular weight is 437 g/mol. The summed E-state index contributed by atoms with van der Waals surface area (Å²) in [4.78, 5) is 19.3. The van der Waals surface area contributed by atoms with Gasteiger partial charge < -0.3 is 14.8 Å². The van der Waals surface area contributed by atoms with Crippen molar-refractivity contribution in [1.82, 2.24) is 19.8 Å². The first-order valence-electron chi connectivity index (χ1n) is 10.7. The van der Waals surface area contributed by atoms with Gasteiger partial charge in [0, 0.05) is 50.8 Å². The van der Waals surface area contributed by atoms with Gasteiger partial charge in [0.2, 0.25) is 5.91 Å². The number of aryl methyl sites for hydroxylation is 1. The molecule has 3 rings (SSSR count). The van der Waals surface area contributed by atoms with Gasteiger partial charge in [-0.05, 0) is 23.6 Å². The molecule has 1 fully saturated rings. The van der Waals surface area contributed by atoms with E-state index in [0.29, 0.717) is 18.1 Å². The van der Waals surface area contributed by atoms with Crippen LogP contribution in [-0.4, -0.2) is 46.2 Å². The van der Waals surface area contributed by atoms with Gasteiger partial charge in [-0.15, -0.1) is 0 Å². The predicted octanol–water partition coefficient (Wildman–Crippen LogP) is 4.25. The Morgan fingerprint density at radius 3 is 2.61 bits per heavy atom. The van der Waals surface area contributed by atoms with E-state index in [1.807, 2.05) is 20.8 Å². The molecule has 1 saturated heterocycles. The van der Waals surface area contributed by atoms with Crippen LogP contribution in [0.1, 0.15) is 46.0 Å². The first kappa shape index (κ1) is 23.3. The molecule has 1 amide bonds. The third-order valence-electron chi connectivity index (χ3n) is 5.80. The Kier molecular flexibility index (Phi) is 6.79. The zero-order valence-electron chi connectivity index (χ0n) is 18.8. The molecule has 0 saturated carbocycles. The van der Waals surface area contributed by atoms with Crippen LogP contribution < -0.4 is 5.32 Å². The van der Waals surface area contributed by atoms with Gasteiger partial charge in [0.05, 0.1) is 11.7 Å². The Bertz CT molecular complexity index is 937. The monoisotopic (exact) mass is 436 g/mol. The summed E-state index contributed by atoms with van der Waals surface area (Å²) in [6.07, 6.45) is 0.890. The number of imidazole rings is 1. The number of carbonyl (C=O) groups is 1. The summed E-state index contributed by atoms with van der Waals surface area (Å²) in [5, 5.41) is 3.04. The van der Waals surface area contributed by atoms with E-state index in [0.717, 1.165) is 18.2 Å². The van der Waals surface area contributed by atoms with E-state index in [1.54, 1.807) is 29.6 Å². The summed E-state index contributed by atoms with van der Waals surface area (Å²) in [5.41, 5.74) is -0.0789. The second kappa shape index (κ2) is 9.02. The first-order valence-corrected chi connectivity index (χ1v) is 10.7. The third-order valence-corrected chi connectivity index (χ3v) is 5.80. The van der Waals surface area contributed by atoms with Crippen LogP contribution in [0.2, 0.25) is 0 Å². The number of benzene rings is 1. The van der Waals surface area contributed by atoms with E-state index in [4.69, 9.17) is 0 Å². The van der Waals surface area contributed by atoms with Crippen LogP contribution in [-0.2, 0) is 11.8 Å². The number of halogens is 3. The molecule has 2 heterocycles. The smallest absolute Gasteiger partial charge is 0.222 e. The number of nitrogens with one attached hydrogen (secondary N) is 1. The van der Waals surface area contributed by atoms with Gasteiger partial charge >= 0.3 is 0 Å². The molecule has 170 valence electrons. The molecule has 3 atom stereocenters. The molecule has 0 radical (unpaired) electrons. The Labute approximate surface area is 181 Å². The van der Waals surface area contributed by atoms with E-state index in [2.05, 4.69) is 10.3 Å². The standard InChI is InChI=1S/C23H31F3N4O/c1-6-20(31)30(12-14-10-27-11-18(14)26)21(23(2,3)4)22-28-19(13-29(22)5)16-9-15(24)7-8-17(16)25/h7-9,13-14,18,21,27H,6,10-12H2,1-5H3. The molecule has 1 aromatic heterocycles. The minimum atomic E-state index is -1.02. The number of hydrogen-bond donors (Lipinski definition) is 1. The number of hydrogen-bond acceptors (Lipinski definition) is 3. The molecule has 0 aliphatic carbocycles. The minimum absolute atomic E-state index is 0.0618. The van der Waals surface area contributed by atoms with E-state index in [-0.39, 0.29) is 36.9 Å². The van der Waals surface area contributed by atoms with Crippen molar-refractivity contribution in [3.8, 4) is 11.3 Å². The van der Waals surface area contributed by atoms with E-state index in [9.17, 15) is 18.0 Å². The van der Waals surface area contributed by atoms with E-state index in [1.165, 1.54) is 0 Å². The Morgan fingerprint density at radius 2 is 2.03 bits per heavy atom. The van der Waals surface area contributed by atoms with Crippen molar-refractivity contribution in [3.63, 3.8) is 0 Å². The maximum atomic E-state index is 14.4. The average Bonchev–Trinajstić information content (AvgIpc) is 3.27. The second-order valence-electron chi connectivity index (χ2n) is 9.32. The van der Waals surface area contributed by atoms with Crippen LogP contribution in [0.15, 0.2) is 24.4 Å². The van der Waals surface area contributed by atoms with E-state index >= 15 is 0 Å². The molecule has 1 aromatic carbocycles. The molecule has 1 aliphatic rings. The summed E-state index contributed by atoms with van der Waals surface area (Å²) in [6, 6.07) is 2.77. The van der Waals surface area contributed by atoms with Gasteiger partial charge in [0.25, 0.3) is 0 Å². The molecule has 2 aromatic rings.